The monoisotopic (exact) mass is 211 g/mol. The molecule has 0 spiro atoms. The van der Waals surface area contributed by atoms with Crippen LogP contribution < -0.4 is 5.32 Å². The van der Waals surface area contributed by atoms with Crippen molar-refractivity contribution in [1.29, 1.82) is 0 Å². The van der Waals surface area contributed by atoms with Gasteiger partial charge in [0.05, 0.1) is 6.04 Å². The van der Waals surface area contributed by atoms with E-state index in [4.69, 9.17) is 0 Å². The molecule has 0 aromatic heterocycles. The van der Waals surface area contributed by atoms with Crippen LogP contribution in [0.15, 0.2) is 18.2 Å². The summed E-state index contributed by atoms with van der Waals surface area (Å²) in [6, 6.07) is 3.14. The molecule has 1 saturated heterocycles. The first kappa shape index (κ1) is 10.2. The van der Waals surface area contributed by atoms with Gasteiger partial charge in [0, 0.05) is 12.0 Å². The van der Waals surface area contributed by atoms with Crippen LogP contribution in [0.2, 0.25) is 0 Å². The predicted molar refractivity (Wildman–Crippen MR) is 51.6 cm³/mol. The third-order valence-electron chi connectivity index (χ3n) is 2.78. The average molecular weight is 211 g/mol. The largest absolute Gasteiger partial charge is 0.307 e. The SMILES string of the molecule is O=C[C@@H]1NCC[C@H]1c1ccc(F)cc1F. The molecule has 1 aliphatic rings. The summed E-state index contributed by atoms with van der Waals surface area (Å²) in [5.41, 5.74) is 0.415. The molecule has 0 saturated carbocycles. The maximum absolute atomic E-state index is 13.4. The van der Waals surface area contributed by atoms with E-state index in [1.54, 1.807) is 0 Å². The Morgan fingerprint density at radius 1 is 1.40 bits per heavy atom. The summed E-state index contributed by atoms with van der Waals surface area (Å²) in [5, 5.41) is 2.97. The van der Waals surface area contributed by atoms with Crippen LogP contribution in [0.1, 0.15) is 17.9 Å². The number of rotatable bonds is 2. The number of halogens is 2. The Kier molecular flexibility index (Phi) is 2.77. The van der Waals surface area contributed by atoms with Gasteiger partial charge in [0.25, 0.3) is 0 Å². The number of carbonyl (C=O) groups excluding carboxylic acids is 1. The molecule has 1 aromatic rings. The molecule has 0 unspecified atom stereocenters. The number of hydrogen-bond donors (Lipinski definition) is 1. The highest BCUT2D eigenvalue weighted by atomic mass is 19.1. The van der Waals surface area contributed by atoms with E-state index in [-0.39, 0.29) is 12.0 Å². The smallest absolute Gasteiger partial charge is 0.137 e. The molecule has 2 atom stereocenters. The van der Waals surface area contributed by atoms with E-state index in [1.807, 2.05) is 0 Å². The van der Waals surface area contributed by atoms with Crippen molar-refractivity contribution in [3.8, 4) is 0 Å². The third kappa shape index (κ3) is 1.90. The third-order valence-corrected chi connectivity index (χ3v) is 2.78. The normalized spacial score (nSPS) is 25.5. The van der Waals surface area contributed by atoms with Crippen molar-refractivity contribution in [2.75, 3.05) is 6.54 Å². The summed E-state index contributed by atoms with van der Waals surface area (Å²) in [6.07, 6.45) is 1.48. The zero-order valence-corrected chi connectivity index (χ0v) is 8.04. The van der Waals surface area contributed by atoms with Gasteiger partial charge in [0.15, 0.2) is 0 Å². The molecule has 1 fully saturated rings. The molecule has 0 radical (unpaired) electrons. The van der Waals surface area contributed by atoms with Gasteiger partial charge in [0.1, 0.15) is 17.9 Å². The van der Waals surface area contributed by atoms with Crippen LogP contribution in [0, 0.1) is 11.6 Å². The summed E-state index contributed by atoms with van der Waals surface area (Å²) in [6.45, 7) is 0.685. The van der Waals surface area contributed by atoms with Crippen molar-refractivity contribution < 1.29 is 13.6 Å². The highest BCUT2D eigenvalue weighted by molar-refractivity contribution is 5.61. The lowest BCUT2D eigenvalue weighted by molar-refractivity contribution is -0.109. The topological polar surface area (TPSA) is 29.1 Å². The Balaban J connectivity index is 2.32. The van der Waals surface area contributed by atoms with E-state index in [1.165, 1.54) is 12.1 Å². The lowest BCUT2D eigenvalue weighted by atomic mass is 9.92. The van der Waals surface area contributed by atoms with E-state index < -0.39 is 11.6 Å². The first-order valence-corrected chi connectivity index (χ1v) is 4.86. The van der Waals surface area contributed by atoms with Crippen LogP contribution in [0.25, 0.3) is 0 Å². The number of aldehydes is 1. The zero-order chi connectivity index (χ0) is 10.8. The zero-order valence-electron chi connectivity index (χ0n) is 8.04. The van der Waals surface area contributed by atoms with Crippen molar-refractivity contribution in [2.45, 2.75) is 18.4 Å². The second-order valence-electron chi connectivity index (χ2n) is 3.68. The van der Waals surface area contributed by atoms with Crippen molar-refractivity contribution in [2.24, 2.45) is 0 Å². The van der Waals surface area contributed by atoms with Crippen LogP contribution in [0.4, 0.5) is 8.78 Å². The van der Waals surface area contributed by atoms with E-state index in [0.29, 0.717) is 18.5 Å². The van der Waals surface area contributed by atoms with Gasteiger partial charge in [-0.3, -0.25) is 0 Å². The molecule has 0 amide bonds. The Morgan fingerprint density at radius 3 is 2.87 bits per heavy atom. The molecule has 0 bridgehead atoms. The Labute approximate surface area is 86.3 Å². The first-order valence-electron chi connectivity index (χ1n) is 4.86. The molecule has 1 N–H and O–H groups in total. The molecule has 15 heavy (non-hydrogen) atoms. The molecule has 2 rings (SSSR count). The number of benzene rings is 1. The summed E-state index contributed by atoms with van der Waals surface area (Å²) in [4.78, 5) is 10.7. The lowest BCUT2D eigenvalue weighted by Gasteiger charge is -2.14. The molecule has 1 heterocycles. The Morgan fingerprint density at radius 2 is 2.20 bits per heavy atom. The van der Waals surface area contributed by atoms with E-state index >= 15 is 0 Å². The van der Waals surface area contributed by atoms with Gasteiger partial charge in [0.2, 0.25) is 0 Å². The fraction of sp³-hybridized carbons (Fsp3) is 0.364. The van der Waals surface area contributed by atoms with Gasteiger partial charge < -0.3 is 10.1 Å². The molecule has 0 aliphatic carbocycles. The molecule has 1 aromatic carbocycles. The number of carbonyl (C=O) groups is 1. The molecule has 80 valence electrons. The van der Waals surface area contributed by atoms with Crippen LogP contribution in [-0.2, 0) is 4.79 Å². The summed E-state index contributed by atoms with van der Waals surface area (Å²) in [7, 11) is 0. The van der Waals surface area contributed by atoms with Crippen molar-refractivity contribution in [3.63, 3.8) is 0 Å². The fourth-order valence-corrected chi connectivity index (χ4v) is 2.02. The Hall–Kier alpha value is -1.29. The standard InChI is InChI=1S/C11H11F2NO/c12-7-1-2-8(10(13)5-7)9-3-4-14-11(9)6-15/h1-2,5-6,9,11,14H,3-4H2/t9-,11-/m0/s1. The fourth-order valence-electron chi connectivity index (χ4n) is 2.02. The molecule has 2 nitrogen and oxygen atoms in total. The maximum Gasteiger partial charge on any atom is 0.137 e. The van der Waals surface area contributed by atoms with E-state index in [9.17, 15) is 13.6 Å². The maximum atomic E-state index is 13.4. The van der Waals surface area contributed by atoms with Crippen molar-refractivity contribution >= 4 is 6.29 Å². The summed E-state index contributed by atoms with van der Waals surface area (Å²) >= 11 is 0. The number of nitrogens with one attached hydrogen (secondary N) is 1. The van der Waals surface area contributed by atoms with E-state index in [0.717, 1.165) is 12.4 Å². The van der Waals surface area contributed by atoms with Crippen molar-refractivity contribution in [3.05, 3.63) is 35.4 Å². The second-order valence-corrected chi connectivity index (χ2v) is 3.68. The number of hydrogen-bond acceptors (Lipinski definition) is 2. The molecular weight excluding hydrogens is 200 g/mol. The minimum absolute atomic E-state index is 0.178. The summed E-state index contributed by atoms with van der Waals surface area (Å²) < 4.78 is 26.1. The minimum atomic E-state index is -0.593. The van der Waals surface area contributed by atoms with Crippen LogP contribution in [-0.4, -0.2) is 18.9 Å². The van der Waals surface area contributed by atoms with E-state index in [2.05, 4.69) is 5.32 Å². The van der Waals surface area contributed by atoms with Gasteiger partial charge in [-0.25, -0.2) is 8.78 Å². The van der Waals surface area contributed by atoms with Gasteiger partial charge in [-0.2, -0.15) is 0 Å². The van der Waals surface area contributed by atoms with Crippen LogP contribution in [0.5, 0.6) is 0 Å². The second kappa shape index (κ2) is 4.06. The van der Waals surface area contributed by atoms with Crippen molar-refractivity contribution in [1.82, 2.24) is 5.32 Å². The molecule has 4 heteroatoms. The Bertz CT molecular complexity index is 381. The first-order chi connectivity index (χ1) is 7.22. The van der Waals surface area contributed by atoms with Gasteiger partial charge >= 0.3 is 0 Å². The molecule has 1 aliphatic heterocycles. The molecular formula is C11H11F2NO. The predicted octanol–water partition coefficient (Wildman–Crippen LogP) is 1.61. The van der Waals surface area contributed by atoms with Gasteiger partial charge in [-0.15, -0.1) is 0 Å². The van der Waals surface area contributed by atoms with Crippen LogP contribution in [0.3, 0.4) is 0 Å². The quantitative estimate of drug-likeness (QED) is 0.753. The van der Waals surface area contributed by atoms with Crippen LogP contribution >= 0.6 is 0 Å². The highest BCUT2D eigenvalue weighted by Gasteiger charge is 2.29. The van der Waals surface area contributed by atoms with Gasteiger partial charge in [-0.1, -0.05) is 6.07 Å². The minimum Gasteiger partial charge on any atom is -0.307 e. The van der Waals surface area contributed by atoms with Gasteiger partial charge in [-0.05, 0) is 24.6 Å². The highest BCUT2D eigenvalue weighted by Crippen LogP contribution is 2.29. The average Bonchev–Trinajstić information content (AvgIpc) is 2.65. The summed E-state index contributed by atoms with van der Waals surface area (Å²) in [5.74, 6) is -1.34. The lowest BCUT2D eigenvalue weighted by Crippen LogP contribution is -2.27.